The van der Waals surface area contributed by atoms with Crippen LogP contribution < -0.4 is 10.6 Å². The number of pyridine rings is 1. The summed E-state index contributed by atoms with van der Waals surface area (Å²) in [6.45, 7) is 4.45. The maximum absolute atomic E-state index is 13.8. The molecule has 1 atom stereocenters. The highest BCUT2D eigenvalue weighted by molar-refractivity contribution is 6.35. The molecule has 2 heterocycles. The number of fused-ring (bicyclic) bond motifs is 1. The van der Waals surface area contributed by atoms with Gasteiger partial charge in [0.05, 0.1) is 41.4 Å². The van der Waals surface area contributed by atoms with E-state index in [1.165, 1.54) is 18.3 Å². The highest BCUT2D eigenvalue weighted by atomic mass is 35.5. The van der Waals surface area contributed by atoms with E-state index in [4.69, 9.17) is 11.6 Å². The lowest BCUT2D eigenvalue weighted by molar-refractivity contribution is 0.167. The number of nitrogens with one attached hydrogen (secondary N) is 2. The molecular formula is C28H27ClFN7. The lowest BCUT2D eigenvalue weighted by atomic mass is 9.68. The van der Waals surface area contributed by atoms with E-state index in [1.807, 2.05) is 6.07 Å². The minimum absolute atomic E-state index is 0.241. The van der Waals surface area contributed by atoms with Crippen LogP contribution in [0.2, 0.25) is 5.02 Å². The predicted octanol–water partition coefficient (Wildman–Crippen LogP) is 6.63. The Morgan fingerprint density at radius 2 is 2.00 bits per heavy atom. The highest BCUT2D eigenvalue weighted by Gasteiger charge is 2.36. The second kappa shape index (κ2) is 9.00. The largest absolute Gasteiger partial charge is 0.381 e. The molecule has 9 heteroatoms. The smallest absolute Gasteiger partial charge is 0.123 e. The average molecular weight is 517 g/mol. The Kier molecular flexibility index (Phi) is 5.47. The first-order valence-electron chi connectivity index (χ1n) is 12.9. The van der Waals surface area contributed by atoms with Crippen LogP contribution in [-0.2, 0) is 0 Å². The summed E-state index contributed by atoms with van der Waals surface area (Å²) < 4.78 is 25.1. The number of halogens is 2. The summed E-state index contributed by atoms with van der Waals surface area (Å²) >= 11 is 6.70. The molecule has 2 saturated carbocycles. The van der Waals surface area contributed by atoms with Crippen molar-refractivity contribution >= 4 is 33.9 Å². The summed E-state index contributed by atoms with van der Waals surface area (Å²) in [5.74, 6) is -0.392. The van der Waals surface area contributed by atoms with Gasteiger partial charge < -0.3 is 10.6 Å². The maximum atomic E-state index is 13.8. The van der Waals surface area contributed by atoms with E-state index in [9.17, 15) is 11.0 Å². The van der Waals surface area contributed by atoms with Crippen molar-refractivity contribution in [3.63, 3.8) is 0 Å². The predicted molar refractivity (Wildman–Crippen MR) is 142 cm³/mol. The van der Waals surface area contributed by atoms with Crippen LogP contribution >= 0.6 is 11.6 Å². The Morgan fingerprint density at radius 1 is 1.24 bits per heavy atom. The normalized spacial score (nSPS) is 18.9. The van der Waals surface area contributed by atoms with Gasteiger partial charge >= 0.3 is 0 Å². The van der Waals surface area contributed by atoms with Crippen LogP contribution in [0.1, 0.15) is 69.8 Å². The Labute approximate surface area is 221 Å². The topological polar surface area (TPSA) is 91.5 Å². The summed E-state index contributed by atoms with van der Waals surface area (Å²) in [7, 11) is 0. The van der Waals surface area contributed by atoms with Crippen molar-refractivity contribution in [2.45, 2.75) is 57.6 Å². The van der Waals surface area contributed by atoms with Crippen molar-refractivity contribution in [3.05, 3.63) is 76.5 Å². The van der Waals surface area contributed by atoms with Gasteiger partial charge in [0, 0.05) is 23.3 Å². The van der Waals surface area contributed by atoms with E-state index in [1.54, 1.807) is 29.1 Å². The van der Waals surface area contributed by atoms with E-state index < -0.39 is 11.8 Å². The molecule has 7 nitrogen and oxygen atoms in total. The molecule has 2 fully saturated rings. The molecule has 0 spiro atoms. The molecular weight excluding hydrogens is 489 g/mol. The van der Waals surface area contributed by atoms with Gasteiger partial charge in [-0.3, -0.25) is 4.98 Å². The van der Waals surface area contributed by atoms with Gasteiger partial charge in [-0.1, -0.05) is 42.8 Å². The minimum Gasteiger partial charge on any atom is -0.381 e. The fourth-order valence-electron chi connectivity index (χ4n) is 5.11. The van der Waals surface area contributed by atoms with Crippen molar-refractivity contribution in [2.24, 2.45) is 5.41 Å². The first kappa shape index (κ1) is 22.5. The molecule has 2 N–H and O–H groups in total. The molecule has 0 bridgehead atoms. The molecule has 4 aromatic rings. The minimum atomic E-state index is -1.58. The Hall–Kier alpha value is -3.70. The molecule has 2 aromatic carbocycles. The van der Waals surface area contributed by atoms with Crippen molar-refractivity contribution in [1.29, 1.82) is 5.26 Å². The zero-order valence-corrected chi connectivity index (χ0v) is 21.3. The first-order chi connectivity index (χ1) is 18.1. The quantitative estimate of drug-likeness (QED) is 0.286. The van der Waals surface area contributed by atoms with E-state index in [0.717, 1.165) is 25.7 Å². The number of benzene rings is 2. The standard InChI is InChI=1S/C28H27ClFN7/c1-28(2)11-20(12-28)34-25-17(13-31)14-32-27-22(25)9-19(10-23(27)29)33-26(16-3-5-18(30)6-4-16)24-15-37(36-35-24)21-7-8-21/h3-6,9-10,14-15,20-21,26,33H,7-8,11-12H2,1-2H3,(H,32,34)/t26-/m0/s1/i26D. The van der Waals surface area contributed by atoms with Crippen molar-refractivity contribution < 1.29 is 5.76 Å². The van der Waals surface area contributed by atoms with Gasteiger partial charge in [-0.05, 0) is 60.9 Å². The molecule has 37 heavy (non-hydrogen) atoms. The molecule has 0 aliphatic heterocycles. The van der Waals surface area contributed by atoms with Crippen LogP contribution in [0.3, 0.4) is 0 Å². The third-order valence-electron chi connectivity index (χ3n) is 7.08. The third kappa shape index (κ3) is 4.72. The average Bonchev–Trinajstić information content (AvgIpc) is 3.59. The zero-order valence-electron chi connectivity index (χ0n) is 21.6. The summed E-state index contributed by atoms with van der Waals surface area (Å²) in [5.41, 5.74) is 3.35. The van der Waals surface area contributed by atoms with Crippen LogP contribution in [0.4, 0.5) is 15.8 Å². The molecule has 0 amide bonds. The Balaban J connectivity index is 1.44. The maximum Gasteiger partial charge on any atom is 0.123 e. The molecule has 0 saturated heterocycles. The Bertz CT molecular complexity index is 1570. The Morgan fingerprint density at radius 3 is 2.68 bits per heavy atom. The second-order valence-corrected chi connectivity index (χ2v) is 11.2. The summed E-state index contributed by atoms with van der Waals surface area (Å²) in [6, 6.07) is 10.5. The SMILES string of the molecule is [2H][C@](Nc1cc(Cl)c2ncc(C#N)c(NC3CC(C)(C)C3)c2c1)(c1ccc(F)cc1)c1cn(C2CC2)nn1. The number of hydrogen-bond donors (Lipinski definition) is 2. The van der Waals surface area contributed by atoms with Crippen molar-refractivity contribution in [1.82, 2.24) is 20.0 Å². The van der Waals surface area contributed by atoms with Crippen molar-refractivity contribution in [2.75, 3.05) is 10.6 Å². The van der Waals surface area contributed by atoms with Crippen LogP contribution in [0.5, 0.6) is 0 Å². The van der Waals surface area contributed by atoms with Gasteiger partial charge in [0.1, 0.15) is 17.6 Å². The molecule has 0 unspecified atom stereocenters. The number of rotatable bonds is 7. The van der Waals surface area contributed by atoms with Crippen LogP contribution in [0.25, 0.3) is 10.9 Å². The van der Waals surface area contributed by atoms with Gasteiger partial charge in [-0.25, -0.2) is 9.07 Å². The van der Waals surface area contributed by atoms with E-state index in [-0.39, 0.29) is 11.5 Å². The van der Waals surface area contributed by atoms with Gasteiger partial charge in [0.15, 0.2) is 0 Å². The molecule has 2 aliphatic rings. The number of nitriles is 1. The van der Waals surface area contributed by atoms with Crippen LogP contribution in [-0.4, -0.2) is 26.0 Å². The van der Waals surface area contributed by atoms with Crippen LogP contribution in [0.15, 0.2) is 48.8 Å². The van der Waals surface area contributed by atoms with Gasteiger partial charge in [-0.2, -0.15) is 5.26 Å². The fraction of sp³-hybridized carbons (Fsp3) is 0.357. The van der Waals surface area contributed by atoms with Crippen molar-refractivity contribution in [3.8, 4) is 6.07 Å². The lowest BCUT2D eigenvalue weighted by Crippen LogP contribution is -2.41. The summed E-state index contributed by atoms with van der Waals surface area (Å²) in [6.07, 6.45) is 7.34. The van der Waals surface area contributed by atoms with E-state index in [0.29, 0.717) is 50.2 Å². The van der Waals surface area contributed by atoms with Gasteiger partial charge in [-0.15, -0.1) is 5.10 Å². The number of nitrogens with zero attached hydrogens (tertiary/aromatic N) is 5. The fourth-order valence-corrected chi connectivity index (χ4v) is 5.37. The van der Waals surface area contributed by atoms with Gasteiger partial charge in [0.25, 0.3) is 0 Å². The molecule has 2 aromatic heterocycles. The van der Waals surface area contributed by atoms with Gasteiger partial charge in [0.2, 0.25) is 0 Å². The van der Waals surface area contributed by atoms with E-state index >= 15 is 0 Å². The first-order valence-corrected chi connectivity index (χ1v) is 12.8. The lowest BCUT2D eigenvalue weighted by Gasteiger charge is -2.43. The monoisotopic (exact) mass is 516 g/mol. The number of aromatic nitrogens is 4. The molecule has 6 rings (SSSR count). The van der Waals surface area contributed by atoms with E-state index in [2.05, 4.69) is 45.8 Å². The highest BCUT2D eigenvalue weighted by Crippen LogP contribution is 2.43. The number of anilines is 2. The van der Waals surface area contributed by atoms with Crippen LogP contribution in [0, 0.1) is 22.6 Å². The summed E-state index contributed by atoms with van der Waals surface area (Å²) in [5, 5.41) is 26.3. The second-order valence-electron chi connectivity index (χ2n) is 10.7. The molecule has 188 valence electrons. The number of hydrogen-bond acceptors (Lipinski definition) is 6. The zero-order chi connectivity index (χ0) is 26.7. The molecule has 2 aliphatic carbocycles. The summed E-state index contributed by atoms with van der Waals surface area (Å²) in [4.78, 5) is 4.45. The third-order valence-corrected chi connectivity index (χ3v) is 7.37. The molecule has 0 radical (unpaired) electrons.